The number of rotatable bonds is 2. The molecule has 3 heterocycles. The lowest BCUT2D eigenvalue weighted by atomic mass is 10.2. The number of benzene rings is 1. The molecule has 1 aliphatic rings. The largest absolute Gasteiger partial charge is 0.367 e. The second kappa shape index (κ2) is 5.57. The van der Waals surface area contributed by atoms with Gasteiger partial charge in [0.1, 0.15) is 0 Å². The molecule has 2 aromatic heterocycles. The van der Waals surface area contributed by atoms with Crippen molar-refractivity contribution in [1.29, 1.82) is 0 Å². The van der Waals surface area contributed by atoms with E-state index >= 15 is 0 Å². The van der Waals surface area contributed by atoms with Crippen LogP contribution in [-0.2, 0) is 0 Å². The van der Waals surface area contributed by atoms with Gasteiger partial charge >= 0.3 is 0 Å². The molecule has 22 heavy (non-hydrogen) atoms. The van der Waals surface area contributed by atoms with E-state index in [4.69, 9.17) is 0 Å². The fraction of sp³-hybridized carbons (Fsp3) is 0.294. The van der Waals surface area contributed by atoms with Crippen LogP contribution in [0.4, 0.5) is 11.6 Å². The van der Waals surface area contributed by atoms with E-state index in [1.807, 2.05) is 30.5 Å². The van der Waals surface area contributed by atoms with Crippen LogP contribution in [0.2, 0.25) is 0 Å². The monoisotopic (exact) mass is 310 g/mol. The number of nitrogens with zero attached hydrogens (tertiary/aromatic N) is 4. The molecule has 3 aromatic rings. The highest BCUT2D eigenvalue weighted by Gasteiger charge is 2.20. The van der Waals surface area contributed by atoms with Gasteiger partial charge in [0.25, 0.3) is 0 Å². The Bertz CT molecular complexity index is 790. The number of aromatic nitrogens is 2. The van der Waals surface area contributed by atoms with E-state index in [9.17, 15) is 0 Å². The van der Waals surface area contributed by atoms with Gasteiger partial charge in [-0.15, -0.1) is 11.3 Å². The van der Waals surface area contributed by atoms with Gasteiger partial charge < -0.3 is 9.80 Å². The Morgan fingerprint density at radius 2 is 1.82 bits per heavy atom. The van der Waals surface area contributed by atoms with E-state index in [0.29, 0.717) is 0 Å². The van der Waals surface area contributed by atoms with Crippen molar-refractivity contribution in [3.8, 4) is 0 Å². The van der Waals surface area contributed by atoms with Crippen molar-refractivity contribution in [1.82, 2.24) is 9.97 Å². The Labute approximate surface area is 134 Å². The number of fused-ring (bicyclic) bond motifs is 1. The molecule has 4 rings (SSSR count). The van der Waals surface area contributed by atoms with Gasteiger partial charge in [-0.3, -0.25) is 0 Å². The van der Waals surface area contributed by atoms with Crippen molar-refractivity contribution in [3.63, 3.8) is 0 Å². The molecule has 1 saturated heterocycles. The lowest BCUT2D eigenvalue weighted by Gasteiger charge is -2.36. The van der Waals surface area contributed by atoms with Gasteiger partial charge in [-0.05, 0) is 36.6 Å². The fourth-order valence-corrected chi connectivity index (χ4v) is 3.80. The van der Waals surface area contributed by atoms with Crippen LogP contribution < -0.4 is 9.80 Å². The molecule has 0 amide bonds. The van der Waals surface area contributed by atoms with Crippen LogP contribution >= 0.6 is 11.3 Å². The quantitative estimate of drug-likeness (QED) is 0.727. The number of thiophene rings is 1. The Morgan fingerprint density at radius 3 is 2.64 bits per heavy atom. The van der Waals surface area contributed by atoms with E-state index in [-0.39, 0.29) is 0 Å². The zero-order chi connectivity index (χ0) is 14.9. The molecule has 1 aliphatic heterocycles. The van der Waals surface area contributed by atoms with Crippen molar-refractivity contribution in [2.75, 3.05) is 36.0 Å². The summed E-state index contributed by atoms with van der Waals surface area (Å²) in [7, 11) is 0. The summed E-state index contributed by atoms with van der Waals surface area (Å²) in [4.78, 5) is 13.7. The van der Waals surface area contributed by atoms with Crippen LogP contribution in [0.5, 0.6) is 0 Å². The molecule has 1 fully saturated rings. The van der Waals surface area contributed by atoms with Gasteiger partial charge in [0.05, 0.1) is 0 Å². The maximum atomic E-state index is 4.53. The molecule has 0 atom stereocenters. The highest BCUT2D eigenvalue weighted by Crippen LogP contribution is 2.31. The van der Waals surface area contributed by atoms with E-state index < -0.39 is 0 Å². The first kappa shape index (κ1) is 13.5. The molecule has 0 aliphatic carbocycles. The molecule has 0 radical (unpaired) electrons. The molecule has 0 N–H and O–H groups in total. The normalized spacial score (nSPS) is 15.5. The number of aryl methyl sites for hydroxylation is 1. The van der Waals surface area contributed by atoms with Gasteiger partial charge in [0.15, 0.2) is 0 Å². The highest BCUT2D eigenvalue weighted by atomic mass is 32.1. The fourth-order valence-electron chi connectivity index (χ4n) is 2.99. The van der Waals surface area contributed by atoms with Gasteiger partial charge in [-0.1, -0.05) is 6.07 Å². The molecular formula is C17H18N4S. The Kier molecular flexibility index (Phi) is 3.42. The summed E-state index contributed by atoms with van der Waals surface area (Å²) in [5.41, 5.74) is 2.37. The van der Waals surface area contributed by atoms with Crippen LogP contribution in [-0.4, -0.2) is 36.1 Å². The maximum absolute atomic E-state index is 4.53. The zero-order valence-corrected chi connectivity index (χ0v) is 13.4. The number of hydrogen-bond acceptors (Lipinski definition) is 5. The van der Waals surface area contributed by atoms with Crippen molar-refractivity contribution < 1.29 is 0 Å². The van der Waals surface area contributed by atoms with Gasteiger partial charge in [-0.25, -0.2) is 9.97 Å². The lowest BCUT2D eigenvalue weighted by molar-refractivity contribution is 0.640. The molecular weight excluding hydrogens is 292 g/mol. The third kappa shape index (κ3) is 2.41. The van der Waals surface area contributed by atoms with Gasteiger partial charge in [0.2, 0.25) is 5.95 Å². The zero-order valence-electron chi connectivity index (χ0n) is 12.6. The first-order valence-electron chi connectivity index (χ1n) is 7.57. The SMILES string of the molecule is Cc1ccnc(N2CCN(c3cccc4sccc34)CC2)n1. The molecule has 0 bridgehead atoms. The average Bonchev–Trinajstić information content (AvgIpc) is 3.04. The van der Waals surface area contributed by atoms with E-state index in [1.165, 1.54) is 15.8 Å². The summed E-state index contributed by atoms with van der Waals surface area (Å²) in [5, 5.41) is 3.54. The van der Waals surface area contributed by atoms with Gasteiger partial charge in [-0.2, -0.15) is 0 Å². The van der Waals surface area contributed by atoms with Crippen molar-refractivity contribution in [2.45, 2.75) is 6.92 Å². The topological polar surface area (TPSA) is 32.3 Å². The van der Waals surface area contributed by atoms with E-state index in [1.54, 1.807) is 0 Å². The van der Waals surface area contributed by atoms with Crippen molar-refractivity contribution in [2.24, 2.45) is 0 Å². The molecule has 4 nitrogen and oxygen atoms in total. The van der Waals surface area contributed by atoms with Crippen LogP contribution in [0.1, 0.15) is 5.69 Å². The third-order valence-corrected chi connectivity index (χ3v) is 5.04. The Morgan fingerprint density at radius 1 is 1.00 bits per heavy atom. The minimum Gasteiger partial charge on any atom is -0.367 e. The van der Waals surface area contributed by atoms with Crippen LogP contribution in [0.15, 0.2) is 41.9 Å². The maximum Gasteiger partial charge on any atom is 0.225 e. The smallest absolute Gasteiger partial charge is 0.225 e. The Balaban J connectivity index is 1.53. The number of anilines is 2. The summed E-state index contributed by atoms with van der Waals surface area (Å²) in [6.45, 7) is 5.95. The Hall–Kier alpha value is -2.14. The lowest BCUT2D eigenvalue weighted by Crippen LogP contribution is -2.47. The second-order valence-electron chi connectivity index (χ2n) is 5.58. The average molecular weight is 310 g/mol. The minimum atomic E-state index is 0.855. The predicted molar refractivity (Wildman–Crippen MR) is 93.0 cm³/mol. The third-order valence-electron chi connectivity index (χ3n) is 4.16. The van der Waals surface area contributed by atoms with Crippen LogP contribution in [0, 0.1) is 6.92 Å². The van der Waals surface area contributed by atoms with E-state index in [0.717, 1.165) is 37.8 Å². The number of piperazine rings is 1. The molecule has 0 saturated carbocycles. The first-order chi connectivity index (χ1) is 10.8. The summed E-state index contributed by atoms with van der Waals surface area (Å²) in [6, 6.07) is 10.8. The standard InChI is InChI=1S/C17H18N4S/c1-13-5-7-18-17(19-13)21-10-8-20(9-11-21)15-3-2-4-16-14(15)6-12-22-16/h2-7,12H,8-11H2,1H3. The summed E-state index contributed by atoms with van der Waals surface area (Å²) in [6.07, 6.45) is 1.84. The summed E-state index contributed by atoms with van der Waals surface area (Å²) in [5.74, 6) is 0.855. The summed E-state index contributed by atoms with van der Waals surface area (Å²) >= 11 is 1.81. The van der Waals surface area contributed by atoms with Crippen LogP contribution in [0.25, 0.3) is 10.1 Å². The second-order valence-corrected chi connectivity index (χ2v) is 6.53. The molecule has 0 spiro atoms. The summed E-state index contributed by atoms with van der Waals surface area (Å²) < 4.78 is 1.36. The molecule has 112 valence electrons. The van der Waals surface area contributed by atoms with Crippen molar-refractivity contribution in [3.05, 3.63) is 47.6 Å². The predicted octanol–water partition coefficient (Wildman–Crippen LogP) is 3.33. The first-order valence-corrected chi connectivity index (χ1v) is 8.45. The molecule has 0 unspecified atom stereocenters. The van der Waals surface area contributed by atoms with Crippen molar-refractivity contribution >= 4 is 33.1 Å². The minimum absolute atomic E-state index is 0.855. The molecule has 5 heteroatoms. The van der Waals surface area contributed by atoms with Crippen LogP contribution in [0.3, 0.4) is 0 Å². The van der Waals surface area contributed by atoms with Gasteiger partial charge in [0, 0.05) is 53.8 Å². The van der Waals surface area contributed by atoms with E-state index in [2.05, 4.69) is 49.4 Å². The molecule has 1 aromatic carbocycles. The number of hydrogen-bond donors (Lipinski definition) is 0. The highest BCUT2D eigenvalue weighted by molar-refractivity contribution is 7.17.